The average molecular weight is 470 g/mol. The molecule has 2 aromatic rings. The van der Waals surface area contributed by atoms with Crippen LogP contribution in [0.4, 0.5) is 0 Å². The van der Waals surface area contributed by atoms with Gasteiger partial charge in [-0.2, -0.15) is 0 Å². The van der Waals surface area contributed by atoms with Gasteiger partial charge in [-0.3, -0.25) is 0 Å². The summed E-state index contributed by atoms with van der Waals surface area (Å²) < 4.78 is 11.0. The molecule has 0 aliphatic rings. The van der Waals surface area contributed by atoms with Crippen LogP contribution in [0.3, 0.4) is 0 Å². The average Bonchev–Trinajstić information content (AvgIpc) is 2.66. The number of likely N-dealkylation sites (N-methyl/N-ethyl adjacent to an activating group) is 1. The van der Waals surface area contributed by atoms with Crippen molar-refractivity contribution in [2.24, 2.45) is 4.99 Å². The Morgan fingerprint density at radius 2 is 1.96 bits per heavy atom. The molecular weight excluding hydrogens is 443 g/mol. The number of aromatic nitrogens is 1. The third-order valence-corrected chi connectivity index (χ3v) is 3.58. The van der Waals surface area contributed by atoms with E-state index in [0.717, 1.165) is 30.4 Å². The third kappa shape index (κ3) is 7.07. The van der Waals surface area contributed by atoms with Gasteiger partial charge in [-0.05, 0) is 25.1 Å². The molecule has 0 fully saturated rings. The molecular formula is C19H27IN4O2. The second-order valence-corrected chi connectivity index (χ2v) is 5.43. The third-order valence-electron chi connectivity index (χ3n) is 3.58. The summed E-state index contributed by atoms with van der Waals surface area (Å²) in [6, 6.07) is 13.7. The Bertz CT molecular complexity index is 668. The molecule has 0 bridgehead atoms. The van der Waals surface area contributed by atoms with Crippen molar-refractivity contribution in [2.75, 3.05) is 33.9 Å². The van der Waals surface area contributed by atoms with Crippen molar-refractivity contribution in [3.8, 4) is 11.6 Å². The van der Waals surface area contributed by atoms with Gasteiger partial charge >= 0.3 is 0 Å². The summed E-state index contributed by atoms with van der Waals surface area (Å²) in [5.41, 5.74) is 0.953. The van der Waals surface area contributed by atoms with Gasteiger partial charge in [-0.15, -0.1) is 24.0 Å². The number of guanidine groups is 1. The van der Waals surface area contributed by atoms with Crippen molar-refractivity contribution in [2.45, 2.75) is 13.5 Å². The van der Waals surface area contributed by atoms with Crippen LogP contribution < -0.4 is 14.8 Å². The first-order valence-electron chi connectivity index (χ1n) is 8.39. The van der Waals surface area contributed by atoms with Crippen molar-refractivity contribution < 1.29 is 9.47 Å². The predicted octanol–water partition coefficient (Wildman–Crippen LogP) is 3.18. The minimum absolute atomic E-state index is 0. The van der Waals surface area contributed by atoms with Crippen LogP contribution in [0, 0.1) is 0 Å². The highest BCUT2D eigenvalue weighted by atomic mass is 127. The summed E-state index contributed by atoms with van der Waals surface area (Å²) in [4.78, 5) is 10.9. The zero-order valence-corrected chi connectivity index (χ0v) is 17.8. The van der Waals surface area contributed by atoms with E-state index in [4.69, 9.17) is 9.47 Å². The monoisotopic (exact) mass is 470 g/mol. The van der Waals surface area contributed by atoms with Gasteiger partial charge in [-0.1, -0.05) is 24.3 Å². The van der Waals surface area contributed by atoms with Crippen LogP contribution in [0.1, 0.15) is 12.5 Å². The second-order valence-electron chi connectivity index (χ2n) is 5.43. The van der Waals surface area contributed by atoms with Crippen LogP contribution in [0.2, 0.25) is 0 Å². The van der Waals surface area contributed by atoms with E-state index in [2.05, 4.69) is 27.1 Å². The fourth-order valence-corrected chi connectivity index (χ4v) is 2.28. The summed E-state index contributed by atoms with van der Waals surface area (Å²) in [6.07, 6.45) is 1.71. The lowest BCUT2D eigenvalue weighted by Crippen LogP contribution is -2.40. The van der Waals surface area contributed by atoms with Gasteiger partial charge in [0.25, 0.3) is 0 Å². The van der Waals surface area contributed by atoms with Crippen LogP contribution >= 0.6 is 24.0 Å². The van der Waals surface area contributed by atoms with Gasteiger partial charge in [-0.25, -0.2) is 9.98 Å². The maximum Gasteiger partial charge on any atom is 0.218 e. The smallest absolute Gasteiger partial charge is 0.218 e. The van der Waals surface area contributed by atoms with Crippen molar-refractivity contribution >= 4 is 29.9 Å². The number of hydrogen-bond acceptors (Lipinski definition) is 4. The van der Waals surface area contributed by atoms with Crippen LogP contribution in [0.15, 0.2) is 53.7 Å². The Hall–Kier alpha value is -2.03. The van der Waals surface area contributed by atoms with Gasteiger partial charge < -0.3 is 19.7 Å². The number of nitrogens with zero attached hydrogens (tertiary/aromatic N) is 3. The highest BCUT2D eigenvalue weighted by molar-refractivity contribution is 14.0. The quantitative estimate of drug-likeness (QED) is 0.365. The Morgan fingerprint density at radius 3 is 2.65 bits per heavy atom. The van der Waals surface area contributed by atoms with E-state index < -0.39 is 0 Å². The zero-order chi connectivity index (χ0) is 17.9. The highest BCUT2D eigenvalue weighted by Crippen LogP contribution is 2.14. The molecule has 2 rings (SSSR count). The standard InChI is InChI=1S/C19H26N4O2.HI/c1-4-20-19(22-15-16-9-8-12-21-18(16)24-3)23(2)13-14-25-17-10-6-5-7-11-17;/h5-12H,4,13-15H2,1-3H3,(H,20,22);1H. The number of aliphatic imine (C=N–C) groups is 1. The molecule has 142 valence electrons. The molecule has 1 aromatic carbocycles. The Morgan fingerprint density at radius 1 is 1.19 bits per heavy atom. The Kier molecular flexibility index (Phi) is 10.5. The highest BCUT2D eigenvalue weighted by Gasteiger charge is 2.08. The first kappa shape index (κ1) is 22.0. The number of methoxy groups -OCH3 is 1. The number of hydrogen-bond donors (Lipinski definition) is 1. The molecule has 6 nitrogen and oxygen atoms in total. The summed E-state index contributed by atoms with van der Waals surface area (Å²) in [5, 5.41) is 3.30. The van der Waals surface area contributed by atoms with Crippen molar-refractivity contribution in [1.29, 1.82) is 0 Å². The van der Waals surface area contributed by atoms with Gasteiger partial charge in [0.15, 0.2) is 5.96 Å². The fourth-order valence-electron chi connectivity index (χ4n) is 2.28. The van der Waals surface area contributed by atoms with E-state index in [9.17, 15) is 0 Å². The predicted molar refractivity (Wildman–Crippen MR) is 116 cm³/mol. The normalized spacial score (nSPS) is 10.7. The lowest BCUT2D eigenvalue weighted by atomic mass is 10.3. The summed E-state index contributed by atoms with van der Waals surface area (Å²) in [5.74, 6) is 2.31. The number of halogens is 1. The number of rotatable bonds is 8. The molecule has 0 amide bonds. The molecule has 0 saturated carbocycles. The van der Waals surface area contributed by atoms with Gasteiger partial charge in [0.2, 0.25) is 5.88 Å². The summed E-state index contributed by atoms with van der Waals surface area (Å²) in [7, 11) is 3.62. The molecule has 1 heterocycles. The molecule has 26 heavy (non-hydrogen) atoms. The molecule has 0 aliphatic heterocycles. The van der Waals surface area contributed by atoms with E-state index in [1.165, 1.54) is 0 Å². The topological polar surface area (TPSA) is 59.0 Å². The van der Waals surface area contributed by atoms with E-state index in [-0.39, 0.29) is 24.0 Å². The van der Waals surface area contributed by atoms with Crippen molar-refractivity contribution in [3.63, 3.8) is 0 Å². The first-order chi connectivity index (χ1) is 12.2. The molecule has 1 N–H and O–H groups in total. The van der Waals surface area contributed by atoms with Crippen LogP contribution in [0.5, 0.6) is 11.6 Å². The minimum Gasteiger partial charge on any atom is -0.492 e. The summed E-state index contributed by atoms with van der Waals surface area (Å²) >= 11 is 0. The number of benzene rings is 1. The number of pyridine rings is 1. The van der Waals surface area contributed by atoms with E-state index in [1.807, 2.05) is 49.5 Å². The fraction of sp³-hybridized carbons (Fsp3) is 0.368. The molecule has 0 atom stereocenters. The first-order valence-corrected chi connectivity index (χ1v) is 8.39. The lowest BCUT2D eigenvalue weighted by Gasteiger charge is -2.22. The molecule has 0 saturated heterocycles. The van der Waals surface area contributed by atoms with E-state index >= 15 is 0 Å². The number of ether oxygens (including phenoxy) is 2. The SMILES string of the molecule is CCNC(=NCc1cccnc1OC)N(C)CCOc1ccccc1.I. The van der Waals surface area contributed by atoms with E-state index in [0.29, 0.717) is 19.0 Å². The van der Waals surface area contributed by atoms with Crippen molar-refractivity contribution in [1.82, 2.24) is 15.2 Å². The molecule has 0 spiro atoms. The Labute approximate surface area is 172 Å². The molecule has 1 aromatic heterocycles. The molecule has 0 unspecified atom stereocenters. The maximum absolute atomic E-state index is 5.75. The van der Waals surface area contributed by atoms with Crippen molar-refractivity contribution in [3.05, 3.63) is 54.2 Å². The van der Waals surface area contributed by atoms with Crippen LogP contribution in [-0.4, -0.2) is 49.7 Å². The lowest BCUT2D eigenvalue weighted by molar-refractivity contribution is 0.281. The van der Waals surface area contributed by atoms with Gasteiger partial charge in [0.1, 0.15) is 12.4 Å². The molecule has 7 heteroatoms. The molecule has 0 aliphatic carbocycles. The van der Waals surface area contributed by atoms with Crippen LogP contribution in [-0.2, 0) is 6.54 Å². The summed E-state index contributed by atoms with van der Waals surface area (Å²) in [6.45, 7) is 4.66. The van der Waals surface area contributed by atoms with Crippen LogP contribution in [0.25, 0.3) is 0 Å². The number of para-hydroxylation sites is 1. The largest absolute Gasteiger partial charge is 0.492 e. The number of nitrogens with one attached hydrogen (secondary N) is 1. The second kappa shape index (κ2) is 12.3. The Balaban J connectivity index is 0.00000338. The van der Waals surface area contributed by atoms with Gasteiger partial charge in [0.05, 0.1) is 20.2 Å². The maximum atomic E-state index is 5.75. The van der Waals surface area contributed by atoms with Gasteiger partial charge in [0, 0.05) is 25.4 Å². The molecule has 0 radical (unpaired) electrons. The van der Waals surface area contributed by atoms with E-state index in [1.54, 1.807) is 13.3 Å². The zero-order valence-electron chi connectivity index (χ0n) is 15.5. The minimum atomic E-state index is 0.